The Hall–Kier alpha value is -0.910. The number of carboxylic acids is 1. The van der Waals surface area contributed by atoms with Gasteiger partial charge >= 0.3 is 5.97 Å². The van der Waals surface area contributed by atoms with Crippen LogP contribution in [0.25, 0.3) is 0 Å². The van der Waals surface area contributed by atoms with Gasteiger partial charge in [0.15, 0.2) is 0 Å². The van der Waals surface area contributed by atoms with Crippen LogP contribution in [0.1, 0.15) is 20.8 Å². The third-order valence-corrected chi connectivity index (χ3v) is 3.31. The molecule has 0 aliphatic heterocycles. The van der Waals surface area contributed by atoms with Gasteiger partial charge in [0, 0.05) is 23.1 Å². The van der Waals surface area contributed by atoms with Gasteiger partial charge in [0.2, 0.25) is 5.91 Å². The molecule has 0 rings (SSSR count). The summed E-state index contributed by atoms with van der Waals surface area (Å²) in [6.07, 6.45) is 0. The summed E-state index contributed by atoms with van der Waals surface area (Å²) in [4.78, 5) is 21.8. The van der Waals surface area contributed by atoms with Crippen LogP contribution in [-0.4, -0.2) is 39.2 Å². The number of amides is 1. The predicted molar refractivity (Wildman–Crippen MR) is 62.5 cm³/mol. The maximum Gasteiger partial charge on any atom is 0.307 e. The molecule has 0 heterocycles. The second-order valence-corrected chi connectivity index (χ2v) is 5.69. The molecule has 0 aromatic heterocycles. The Balaban J connectivity index is 3.87. The van der Waals surface area contributed by atoms with Gasteiger partial charge in [0.05, 0.1) is 5.92 Å². The summed E-state index contributed by atoms with van der Waals surface area (Å²) in [7, 11) is -1.41. The molecule has 0 aliphatic carbocycles. The van der Waals surface area contributed by atoms with Gasteiger partial charge in [-0.1, -0.05) is 20.8 Å². The van der Waals surface area contributed by atoms with Crippen molar-refractivity contribution in [3.63, 3.8) is 0 Å². The van der Waals surface area contributed by atoms with E-state index in [1.165, 1.54) is 6.92 Å². The Bertz CT molecular complexity index is 278. The molecule has 5 nitrogen and oxygen atoms in total. The molecule has 0 aliphatic rings. The van der Waals surface area contributed by atoms with Crippen molar-refractivity contribution in [2.45, 2.75) is 20.8 Å². The Kier molecular flexibility index (Phi) is 6.96. The second kappa shape index (κ2) is 7.38. The fourth-order valence-corrected chi connectivity index (χ4v) is 2.14. The number of nitrogens with one attached hydrogen (secondary N) is 1. The molecular weight excluding hydrogens is 230 g/mol. The molecule has 0 spiro atoms. The molecular formula is C10H19NO4S. The quantitative estimate of drug-likeness (QED) is 0.676. The Labute approximate surface area is 98.1 Å². The molecule has 0 aromatic rings. The van der Waals surface area contributed by atoms with Crippen LogP contribution in [0.2, 0.25) is 0 Å². The first kappa shape index (κ1) is 15.1. The van der Waals surface area contributed by atoms with Crippen molar-refractivity contribution in [3.05, 3.63) is 0 Å². The number of carbonyl (C=O) groups excluding carboxylic acids is 1. The van der Waals surface area contributed by atoms with Gasteiger partial charge in [0.1, 0.15) is 5.75 Å². The average molecular weight is 249 g/mol. The van der Waals surface area contributed by atoms with Gasteiger partial charge in [-0.3, -0.25) is 13.8 Å². The van der Waals surface area contributed by atoms with E-state index in [9.17, 15) is 13.8 Å². The summed E-state index contributed by atoms with van der Waals surface area (Å²) in [6.45, 7) is 5.95. The molecule has 2 N–H and O–H groups in total. The van der Waals surface area contributed by atoms with Crippen LogP contribution in [0.3, 0.4) is 0 Å². The molecule has 2 atom stereocenters. The fraction of sp³-hybridized carbons (Fsp3) is 0.800. The molecule has 6 heteroatoms. The molecule has 2 unspecified atom stereocenters. The van der Waals surface area contributed by atoms with Crippen LogP contribution >= 0.6 is 0 Å². The zero-order chi connectivity index (χ0) is 12.7. The third kappa shape index (κ3) is 7.39. The number of aliphatic carboxylic acids is 1. The molecule has 0 bridgehead atoms. The lowest BCUT2D eigenvalue weighted by atomic mass is 10.2. The van der Waals surface area contributed by atoms with E-state index in [0.29, 0.717) is 12.5 Å². The average Bonchev–Trinajstić information content (AvgIpc) is 2.14. The number of hydrogen-bond acceptors (Lipinski definition) is 3. The number of rotatable bonds is 7. The third-order valence-electron chi connectivity index (χ3n) is 1.86. The van der Waals surface area contributed by atoms with Crippen LogP contribution in [0, 0.1) is 11.8 Å². The monoisotopic (exact) mass is 249 g/mol. The van der Waals surface area contributed by atoms with E-state index >= 15 is 0 Å². The van der Waals surface area contributed by atoms with Crippen molar-refractivity contribution in [2.24, 2.45) is 11.8 Å². The summed E-state index contributed by atoms with van der Waals surface area (Å²) in [5, 5.41) is 11.2. The second-order valence-electron chi connectivity index (χ2n) is 4.19. The van der Waals surface area contributed by atoms with E-state index < -0.39 is 22.7 Å². The minimum atomic E-state index is -1.41. The molecule has 0 radical (unpaired) electrons. The lowest BCUT2D eigenvalue weighted by molar-refractivity contribution is -0.140. The normalized spacial score (nSPS) is 14.5. The summed E-state index contributed by atoms with van der Waals surface area (Å²) >= 11 is 0. The fourth-order valence-electron chi connectivity index (χ4n) is 0.924. The van der Waals surface area contributed by atoms with Crippen molar-refractivity contribution in [2.75, 3.05) is 18.1 Å². The molecule has 0 saturated heterocycles. The lowest BCUT2D eigenvalue weighted by Crippen LogP contribution is -2.32. The van der Waals surface area contributed by atoms with Gasteiger partial charge < -0.3 is 10.4 Å². The van der Waals surface area contributed by atoms with Crippen molar-refractivity contribution >= 4 is 22.7 Å². The van der Waals surface area contributed by atoms with Crippen molar-refractivity contribution < 1.29 is 18.9 Å². The molecule has 1 amide bonds. The van der Waals surface area contributed by atoms with Gasteiger partial charge in [-0.05, 0) is 5.92 Å². The highest BCUT2D eigenvalue weighted by Gasteiger charge is 2.16. The van der Waals surface area contributed by atoms with Crippen LogP contribution in [-0.2, 0) is 20.4 Å². The first-order valence-electron chi connectivity index (χ1n) is 5.17. The minimum Gasteiger partial charge on any atom is -0.481 e. The molecule has 94 valence electrons. The highest BCUT2D eigenvalue weighted by molar-refractivity contribution is 7.85. The maximum atomic E-state index is 11.4. The Morgan fingerprint density at radius 1 is 1.31 bits per heavy atom. The smallest absolute Gasteiger partial charge is 0.307 e. The Morgan fingerprint density at radius 3 is 2.31 bits per heavy atom. The lowest BCUT2D eigenvalue weighted by Gasteiger charge is -2.08. The predicted octanol–water partition coefficient (Wildman–Crippen LogP) is 0.228. The topological polar surface area (TPSA) is 83.5 Å². The van der Waals surface area contributed by atoms with E-state index in [0.717, 1.165) is 0 Å². The summed E-state index contributed by atoms with van der Waals surface area (Å²) in [6, 6.07) is 0. The summed E-state index contributed by atoms with van der Waals surface area (Å²) in [5.74, 6) is -1.72. The zero-order valence-corrected chi connectivity index (χ0v) is 10.7. The first-order chi connectivity index (χ1) is 7.32. The SMILES string of the molecule is CC(C)CNC(=O)CS(=O)CC(C)C(=O)O. The summed E-state index contributed by atoms with van der Waals surface area (Å²) < 4.78 is 11.4. The number of carbonyl (C=O) groups is 2. The van der Waals surface area contributed by atoms with E-state index in [2.05, 4.69) is 5.32 Å². The largest absolute Gasteiger partial charge is 0.481 e. The standard InChI is InChI=1S/C10H19NO4S/c1-7(2)4-11-9(12)6-16(15)5-8(3)10(13)14/h7-8H,4-6H2,1-3H3,(H,11,12)(H,13,14). The van der Waals surface area contributed by atoms with Crippen molar-refractivity contribution in [1.29, 1.82) is 0 Å². The highest BCUT2D eigenvalue weighted by Crippen LogP contribution is 1.98. The van der Waals surface area contributed by atoms with Crippen molar-refractivity contribution in [1.82, 2.24) is 5.32 Å². The van der Waals surface area contributed by atoms with Gasteiger partial charge in [-0.15, -0.1) is 0 Å². The van der Waals surface area contributed by atoms with Gasteiger partial charge in [-0.25, -0.2) is 0 Å². The zero-order valence-electron chi connectivity index (χ0n) is 9.86. The van der Waals surface area contributed by atoms with Gasteiger partial charge in [-0.2, -0.15) is 0 Å². The molecule has 0 fully saturated rings. The Morgan fingerprint density at radius 2 is 1.88 bits per heavy atom. The highest BCUT2D eigenvalue weighted by atomic mass is 32.2. The van der Waals surface area contributed by atoms with E-state index in [1.54, 1.807) is 0 Å². The van der Waals surface area contributed by atoms with E-state index in [4.69, 9.17) is 5.11 Å². The van der Waals surface area contributed by atoms with E-state index in [-0.39, 0.29) is 17.4 Å². The van der Waals surface area contributed by atoms with Crippen molar-refractivity contribution in [3.8, 4) is 0 Å². The van der Waals surface area contributed by atoms with Crippen LogP contribution in [0.15, 0.2) is 0 Å². The van der Waals surface area contributed by atoms with Crippen LogP contribution in [0.4, 0.5) is 0 Å². The number of hydrogen-bond donors (Lipinski definition) is 2. The minimum absolute atomic E-state index is 0.0183. The van der Waals surface area contributed by atoms with Crippen LogP contribution < -0.4 is 5.32 Å². The molecule has 16 heavy (non-hydrogen) atoms. The number of carboxylic acid groups (broad SMARTS) is 1. The first-order valence-corrected chi connectivity index (χ1v) is 6.66. The van der Waals surface area contributed by atoms with E-state index in [1.807, 2.05) is 13.8 Å². The summed E-state index contributed by atoms with van der Waals surface area (Å²) in [5.41, 5.74) is 0. The van der Waals surface area contributed by atoms with Gasteiger partial charge in [0.25, 0.3) is 0 Å². The molecule has 0 aromatic carbocycles. The van der Waals surface area contributed by atoms with Crippen LogP contribution in [0.5, 0.6) is 0 Å². The molecule has 0 saturated carbocycles. The maximum absolute atomic E-state index is 11.4.